The van der Waals surface area contributed by atoms with E-state index in [0.717, 1.165) is 16.7 Å². The molecule has 1 saturated heterocycles. The number of carbonyl (C=O) groups is 2. The molecule has 0 aliphatic carbocycles. The van der Waals surface area contributed by atoms with E-state index in [2.05, 4.69) is 0 Å². The van der Waals surface area contributed by atoms with Crippen molar-refractivity contribution in [1.82, 2.24) is 0 Å². The van der Waals surface area contributed by atoms with Crippen molar-refractivity contribution in [3.8, 4) is 5.75 Å². The van der Waals surface area contributed by atoms with Crippen LogP contribution in [0.15, 0.2) is 78.4 Å². The van der Waals surface area contributed by atoms with Crippen LogP contribution < -0.4 is 9.64 Å². The summed E-state index contributed by atoms with van der Waals surface area (Å²) < 4.78 is 5.75. The van der Waals surface area contributed by atoms with Crippen LogP contribution in [0.25, 0.3) is 5.76 Å². The quantitative estimate of drug-likeness (QED) is 0.313. The van der Waals surface area contributed by atoms with E-state index in [1.807, 2.05) is 76.2 Å². The highest BCUT2D eigenvalue weighted by Crippen LogP contribution is 2.42. The number of hydrogen-bond acceptors (Lipinski definition) is 4. The van der Waals surface area contributed by atoms with E-state index in [9.17, 15) is 14.7 Å². The van der Waals surface area contributed by atoms with Crippen LogP contribution in [-0.2, 0) is 9.59 Å². The van der Waals surface area contributed by atoms with Crippen molar-refractivity contribution in [1.29, 1.82) is 0 Å². The molecule has 168 valence electrons. The molecule has 1 heterocycles. The van der Waals surface area contributed by atoms with Crippen LogP contribution >= 0.6 is 0 Å². The molecule has 3 aromatic rings. The van der Waals surface area contributed by atoms with Gasteiger partial charge in [0.15, 0.2) is 0 Å². The van der Waals surface area contributed by atoms with E-state index in [-0.39, 0.29) is 17.4 Å². The van der Waals surface area contributed by atoms with Crippen LogP contribution in [0.2, 0.25) is 0 Å². The number of rotatable bonds is 5. The first-order valence-electron chi connectivity index (χ1n) is 11.0. The van der Waals surface area contributed by atoms with Crippen LogP contribution in [0, 0.1) is 13.8 Å². The second-order valence-electron chi connectivity index (χ2n) is 8.61. The number of ketones is 1. The summed E-state index contributed by atoms with van der Waals surface area (Å²) in [6.07, 6.45) is -0.0400. The fourth-order valence-electron chi connectivity index (χ4n) is 4.10. The first-order valence-corrected chi connectivity index (χ1v) is 11.0. The number of amides is 1. The van der Waals surface area contributed by atoms with Crippen molar-refractivity contribution in [3.05, 3.63) is 101 Å². The Kier molecular flexibility index (Phi) is 6.05. The zero-order chi connectivity index (χ0) is 23.7. The zero-order valence-electron chi connectivity index (χ0n) is 19.2. The molecular formula is C28H27NO4. The van der Waals surface area contributed by atoms with Crippen molar-refractivity contribution in [3.63, 3.8) is 0 Å². The van der Waals surface area contributed by atoms with Gasteiger partial charge in [-0.2, -0.15) is 0 Å². The van der Waals surface area contributed by atoms with Gasteiger partial charge in [0.2, 0.25) is 0 Å². The highest BCUT2D eigenvalue weighted by atomic mass is 16.5. The molecule has 0 radical (unpaired) electrons. The van der Waals surface area contributed by atoms with Crippen LogP contribution in [0.3, 0.4) is 0 Å². The van der Waals surface area contributed by atoms with E-state index in [1.165, 1.54) is 4.90 Å². The molecule has 5 nitrogen and oxygen atoms in total. The number of aryl methyl sites for hydroxylation is 2. The number of Topliss-reactive ketones (excluding diaryl/α,β-unsaturated/α-hetero) is 1. The molecule has 33 heavy (non-hydrogen) atoms. The summed E-state index contributed by atoms with van der Waals surface area (Å²) in [7, 11) is 0. The van der Waals surface area contributed by atoms with Gasteiger partial charge >= 0.3 is 0 Å². The van der Waals surface area contributed by atoms with Gasteiger partial charge in [-0.05, 0) is 57.5 Å². The lowest BCUT2D eigenvalue weighted by molar-refractivity contribution is -0.132. The van der Waals surface area contributed by atoms with Crippen molar-refractivity contribution in [2.24, 2.45) is 0 Å². The average Bonchev–Trinajstić information content (AvgIpc) is 3.04. The molecule has 0 aromatic heterocycles. The molecule has 1 unspecified atom stereocenters. The molecule has 1 atom stereocenters. The first kappa shape index (κ1) is 22.3. The second kappa shape index (κ2) is 8.94. The Morgan fingerprint density at radius 1 is 0.909 bits per heavy atom. The van der Waals surface area contributed by atoms with Gasteiger partial charge in [-0.3, -0.25) is 14.5 Å². The lowest BCUT2D eigenvalue weighted by atomic mass is 9.94. The molecular weight excluding hydrogens is 414 g/mol. The lowest BCUT2D eigenvalue weighted by Gasteiger charge is -2.26. The van der Waals surface area contributed by atoms with Crippen molar-refractivity contribution < 1.29 is 19.4 Å². The normalized spacial score (nSPS) is 17.6. The molecule has 0 saturated carbocycles. The zero-order valence-corrected chi connectivity index (χ0v) is 19.2. The molecule has 4 rings (SSSR count). The topological polar surface area (TPSA) is 66.8 Å². The summed E-state index contributed by atoms with van der Waals surface area (Å²) >= 11 is 0. The number of anilines is 1. The predicted molar refractivity (Wildman–Crippen MR) is 129 cm³/mol. The Morgan fingerprint density at radius 2 is 1.61 bits per heavy atom. The molecule has 1 N–H and O–H groups in total. The molecule has 0 spiro atoms. The van der Waals surface area contributed by atoms with Gasteiger partial charge in [0, 0.05) is 11.3 Å². The fourth-order valence-corrected chi connectivity index (χ4v) is 4.10. The number of hydrogen-bond donors (Lipinski definition) is 1. The summed E-state index contributed by atoms with van der Waals surface area (Å²) in [5.41, 5.74) is 3.88. The van der Waals surface area contributed by atoms with Gasteiger partial charge in [0.05, 0.1) is 17.7 Å². The minimum Gasteiger partial charge on any atom is -0.507 e. The van der Waals surface area contributed by atoms with Gasteiger partial charge in [-0.15, -0.1) is 0 Å². The Morgan fingerprint density at radius 3 is 2.27 bits per heavy atom. The summed E-state index contributed by atoms with van der Waals surface area (Å²) in [6.45, 7) is 7.74. The standard InChI is InChI=1S/C28H27NO4/c1-17(2)33-23-10-6-9-21(16-23)26(30)24-25(20-8-5-7-19(4)15-20)29(28(32)27(24)31)22-13-11-18(3)12-14-22/h5-17,25,30H,1-4H3/b26-24-. The highest BCUT2D eigenvalue weighted by Gasteiger charge is 2.47. The van der Waals surface area contributed by atoms with E-state index in [4.69, 9.17) is 4.74 Å². The Balaban J connectivity index is 1.91. The van der Waals surface area contributed by atoms with E-state index < -0.39 is 17.7 Å². The summed E-state index contributed by atoms with van der Waals surface area (Å²) in [4.78, 5) is 28.0. The largest absolute Gasteiger partial charge is 0.507 e. The third kappa shape index (κ3) is 4.40. The van der Waals surface area contributed by atoms with Crippen molar-refractivity contribution in [2.45, 2.75) is 39.8 Å². The molecule has 1 aliphatic heterocycles. The summed E-state index contributed by atoms with van der Waals surface area (Å²) in [5, 5.41) is 11.3. The van der Waals surface area contributed by atoms with E-state index in [0.29, 0.717) is 17.0 Å². The third-order valence-corrected chi connectivity index (χ3v) is 5.59. The van der Waals surface area contributed by atoms with Gasteiger partial charge in [-0.1, -0.05) is 59.7 Å². The smallest absolute Gasteiger partial charge is 0.300 e. The van der Waals surface area contributed by atoms with E-state index in [1.54, 1.807) is 24.3 Å². The summed E-state index contributed by atoms with van der Waals surface area (Å²) in [5.74, 6) is -1.02. The maximum Gasteiger partial charge on any atom is 0.300 e. The molecule has 3 aromatic carbocycles. The van der Waals surface area contributed by atoms with Gasteiger partial charge in [0.25, 0.3) is 11.7 Å². The maximum atomic E-state index is 13.3. The van der Waals surface area contributed by atoms with Gasteiger partial charge in [-0.25, -0.2) is 0 Å². The predicted octanol–water partition coefficient (Wildman–Crippen LogP) is 5.72. The second-order valence-corrected chi connectivity index (χ2v) is 8.61. The number of carbonyl (C=O) groups excluding carboxylic acids is 2. The van der Waals surface area contributed by atoms with Crippen LogP contribution in [0.1, 0.15) is 42.1 Å². The number of ether oxygens (including phenoxy) is 1. The fraction of sp³-hybridized carbons (Fsp3) is 0.214. The summed E-state index contributed by atoms with van der Waals surface area (Å²) in [6, 6.07) is 21.3. The Hall–Kier alpha value is -3.86. The Labute approximate surface area is 193 Å². The number of aliphatic hydroxyl groups is 1. The van der Waals surface area contributed by atoms with Crippen LogP contribution in [0.4, 0.5) is 5.69 Å². The molecule has 0 bridgehead atoms. The molecule has 5 heteroatoms. The highest BCUT2D eigenvalue weighted by molar-refractivity contribution is 6.51. The third-order valence-electron chi connectivity index (χ3n) is 5.59. The lowest BCUT2D eigenvalue weighted by Crippen LogP contribution is -2.29. The monoisotopic (exact) mass is 441 g/mol. The van der Waals surface area contributed by atoms with Crippen molar-refractivity contribution >= 4 is 23.1 Å². The SMILES string of the molecule is Cc1ccc(N2C(=O)C(=O)/C(=C(\O)c3cccc(OC(C)C)c3)C2c2cccc(C)c2)cc1. The van der Waals surface area contributed by atoms with Crippen molar-refractivity contribution in [2.75, 3.05) is 4.90 Å². The minimum absolute atomic E-state index is 0.0400. The Bertz CT molecular complexity index is 1240. The number of nitrogens with zero attached hydrogens (tertiary/aromatic N) is 1. The number of aliphatic hydroxyl groups excluding tert-OH is 1. The molecule has 1 fully saturated rings. The first-order chi connectivity index (χ1) is 15.8. The number of benzene rings is 3. The van der Waals surface area contributed by atoms with Crippen LogP contribution in [0.5, 0.6) is 5.75 Å². The van der Waals surface area contributed by atoms with E-state index >= 15 is 0 Å². The molecule has 1 amide bonds. The van der Waals surface area contributed by atoms with Gasteiger partial charge in [0.1, 0.15) is 11.5 Å². The van der Waals surface area contributed by atoms with Crippen LogP contribution in [-0.4, -0.2) is 22.9 Å². The molecule has 1 aliphatic rings. The average molecular weight is 442 g/mol. The minimum atomic E-state index is -0.748. The maximum absolute atomic E-state index is 13.3. The van der Waals surface area contributed by atoms with Gasteiger partial charge < -0.3 is 9.84 Å².